The summed E-state index contributed by atoms with van der Waals surface area (Å²) in [5.41, 5.74) is 1.25. The first kappa shape index (κ1) is 25.7. The summed E-state index contributed by atoms with van der Waals surface area (Å²) < 4.78 is 27.1. The average molecular weight is 524 g/mol. The number of carboxylic acids is 1. The second kappa shape index (κ2) is 11.1. The van der Waals surface area contributed by atoms with Gasteiger partial charge in [0, 0.05) is 30.1 Å². The molecule has 4 rings (SSSR count). The molecule has 2 heterocycles. The average Bonchev–Trinajstić information content (AvgIpc) is 3.27. The number of fused-ring (bicyclic) bond motifs is 1. The van der Waals surface area contributed by atoms with Gasteiger partial charge >= 0.3 is 5.97 Å². The minimum Gasteiger partial charge on any atom is -0.496 e. The lowest BCUT2D eigenvalue weighted by atomic mass is 10.1. The molecule has 4 aromatic rings. The Morgan fingerprint density at radius 1 is 1.24 bits per heavy atom. The van der Waals surface area contributed by atoms with Crippen LogP contribution in [-0.4, -0.2) is 45.9 Å². The molecule has 0 atom stereocenters. The largest absolute Gasteiger partial charge is 0.496 e. The fourth-order valence-corrected chi connectivity index (χ4v) is 4.33. The van der Waals surface area contributed by atoms with Crippen LogP contribution in [0.4, 0.5) is 10.2 Å². The van der Waals surface area contributed by atoms with Crippen molar-refractivity contribution in [3.63, 3.8) is 0 Å². The van der Waals surface area contributed by atoms with E-state index in [0.29, 0.717) is 53.5 Å². The normalized spacial score (nSPS) is 10.8. The van der Waals surface area contributed by atoms with Crippen molar-refractivity contribution in [3.8, 4) is 28.8 Å². The zero-order valence-corrected chi connectivity index (χ0v) is 20.8. The van der Waals surface area contributed by atoms with E-state index < -0.39 is 11.8 Å². The van der Waals surface area contributed by atoms with Crippen molar-refractivity contribution in [3.05, 3.63) is 64.8 Å². The van der Waals surface area contributed by atoms with Crippen LogP contribution in [0.2, 0.25) is 5.02 Å². The van der Waals surface area contributed by atoms with Crippen molar-refractivity contribution in [2.75, 3.05) is 25.6 Å². The molecule has 0 fully saturated rings. The molecule has 0 aliphatic rings. The van der Waals surface area contributed by atoms with E-state index in [1.807, 2.05) is 6.92 Å². The van der Waals surface area contributed by atoms with Crippen LogP contribution >= 0.6 is 11.6 Å². The second-order valence-corrected chi connectivity index (χ2v) is 8.35. The van der Waals surface area contributed by atoms with Crippen LogP contribution in [0.1, 0.15) is 29.4 Å². The number of hydrogen-bond donors (Lipinski definition) is 2. The van der Waals surface area contributed by atoms with E-state index in [1.54, 1.807) is 28.8 Å². The lowest BCUT2D eigenvalue weighted by Gasteiger charge is -2.14. The van der Waals surface area contributed by atoms with Gasteiger partial charge < -0.3 is 24.5 Å². The maximum absolute atomic E-state index is 14.6. The maximum atomic E-state index is 14.6. The van der Waals surface area contributed by atoms with Gasteiger partial charge in [-0.2, -0.15) is 5.26 Å². The molecule has 9 nitrogen and oxygen atoms in total. The summed E-state index contributed by atoms with van der Waals surface area (Å²) in [4.78, 5) is 20.3. The van der Waals surface area contributed by atoms with Gasteiger partial charge in [0.2, 0.25) is 0 Å². The standard InChI is InChI=1S/C26H23ClFN5O4/c1-3-10-37-21-6-4-16(24(27)23(21)26(34)35)19-12-22(32-14-31-19)30-8-9-33-15(13-29)11-17-20(36-2)7-5-18(28)25(17)33/h4-7,11-12,14H,3,8-10H2,1-2H3,(H,34,35)(H,30,31,32). The van der Waals surface area contributed by atoms with E-state index in [2.05, 4.69) is 21.4 Å². The Hall–Kier alpha value is -4.36. The van der Waals surface area contributed by atoms with Crippen LogP contribution in [0.5, 0.6) is 11.5 Å². The number of aromatic carboxylic acids is 1. The first-order chi connectivity index (χ1) is 17.9. The third-order valence-corrected chi connectivity index (χ3v) is 6.06. The number of carboxylic acid groups (broad SMARTS) is 1. The van der Waals surface area contributed by atoms with Crippen LogP contribution in [0, 0.1) is 17.1 Å². The maximum Gasteiger partial charge on any atom is 0.341 e. The zero-order chi connectivity index (χ0) is 26.5. The Balaban J connectivity index is 1.58. The van der Waals surface area contributed by atoms with Crippen LogP contribution in [0.15, 0.2) is 42.7 Å². The van der Waals surface area contributed by atoms with Crippen molar-refractivity contribution in [2.24, 2.45) is 0 Å². The summed E-state index contributed by atoms with van der Waals surface area (Å²) in [7, 11) is 1.49. The number of ether oxygens (including phenoxy) is 2. The molecule has 0 saturated carbocycles. The van der Waals surface area contributed by atoms with Gasteiger partial charge in [-0.15, -0.1) is 0 Å². The number of benzene rings is 2. The molecular weight excluding hydrogens is 501 g/mol. The van der Waals surface area contributed by atoms with Gasteiger partial charge in [0.15, 0.2) is 0 Å². The second-order valence-electron chi connectivity index (χ2n) is 7.97. The molecule has 2 aromatic heterocycles. The summed E-state index contributed by atoms with van der Waals surface area (Å²) in [5, 5.41) is 22.9. The monoisotopic (exact) mass is 523 g/mol. The molecule has 0 bridgehead atoms. The SMILES string of the molecule is CCCOc1ccc(-c2cc(NCCn3c(C#N)cc4c(OC)ccc(F)c43)ncn2)c(Cl)c1C(=O)O. The van der Waals surface area contributed by atoms with Crippen LogP contribution < -0.4 is 14.8 Å². The van der Waals surface area contributed by atoms with E-state index in [0.717, 1.165) is 0 Å². The van der Waals surface area contributed by atoms with Gasteiger partial charge in [-0.3, -0.25) is 0 Å². The van der Waals surface area contributed by atoms with E-state index >= 15 is 0 Å². The fraction of sp³-hybridized carbons (Fsp3) is 0.231. The molecular formula is C26H23ClFN5O4. The number of hydrogen-bond acceptors (Lipinski definition) is 7. The summed E-state index contributed by atoms with van der Waals surface area (Å²) in [6, 6.07) is 11.3. The van der Waals surface area contributed by atoms with Gasteiger partial charge in [-0.25, -0.2) is 19.2 Å². The van der Waals surface area contributed by atoms with Crippen LogP contribution in [-0.2, 0) is 6.54 Å². The zero-order valence-electron chi connectivity index (χ0n) is 20.1. The molecule has 37 heavy (non-hydrogen) atoms. The van der Waals surface area contributed by atoms with Crippen molar-refractivity contribution in [1.29, 1.82) is 5.26 Å². The molecule has 0 spiro atoms. The molecule has 11 heteroatoms. The quantitative estimate of drug-likeness (QED) is 0.284. The van der Waals surface area contributed by atoms with E-state index in [-0.39, 0.29) is 28.4 Å². The molecule has 0 aliphatic carbocycles. The predicted octanol–water partition coefficient (Wildman–Crippen LogP) is 5.37. The Kier molecular flexibility index (Phi) is 7.74. The van der Waals surface area contributed by atoms with Crippen molar-refractivity contribution < 1.29 is 23.8 Å². The lowest BCUT2D eigenvalue weighted by molar-refractivity contribution is 0.0692. The van der Waals surface area contributed by atoms with Crippen LogP contribution in [0.25, 0.3) is 22.2 Å². The topological polar surface area (TPSA) is 122 Å². The fourth-order valence-electron chi connectivity index (χ4n) is 4.00. The summed E-state index contributed by atoms with van der Waals surface area (Å²) >= 11 is 6.45. The summed E-state index contributed by atoms with van der Waals surface area (Å²) in [6.07, 6.45) is 2.04. The minimum atomic E-state index is -1.21. The molecule has 190 valence electrons. The molecule has 0 saturated heterocycles. The van der Waals surface area contributed by atoms with Gasteiger partial charge in [0.05, 0.1) is 29.9 Å². The van der Waals surface area contributed by atoms with E-state index in [4.69, 9.17) is 21.1 Å². The number of rotatable bonds is 10. The number of nitrogens with one attached hydrogen (secondary N) is 1. The number of aromatic nitrogens is 3. The molecule has 0 amide bonds. The molecule has 2 aromatic carbocycles. The summed E-state index contributed by atoms with van der Waals surface area (Å²) in [5.74, 6) is -0.564. The molecule has 0 unspecified atom stereocenters. The number of methoxy groups -OCH3 is 1. The summed E-state index contributed by atoms with van der Waals surface area (Å²) in [6.45, 7) is 2.85. The number of nitriles is 1. The van der Waals surface area contributed by atoms with Gasteiger partial charge in [0.1, 0.15) is 46.8 Å². The number of anilines is 1. The van der Waals surface area contributed by atoms with E-state index in [9.17, 15) is 19.6 Å². The Labute approximate surface area is 217 Å². The molecule has 2 N–H and O–H groups in total. The number of nitrogens with zero attached hydrogens (tertiary/aromatic N) is 4. The minimum absolute atomic E-state index is 0.00708. The third kappa shape index (κ3) is 5.13. The first-order valence-electron chi connectivity index (χ1n) is 11.4. The highest BCUT2D eigenvalue weighted by Gasteiger charge is 2.21. The number of carbonyl (C=O) groups is 1. The molecule has 0 aliphatic heterocycles. The highest BCUT2D eigenvalue weighted by molar-refractivity contribution is 6.36. The van der Waals surface area contributed by atoms with Crippen molar-refractivity contribution >= 4 is 34.3 Å². The van der Waals surface area contributed by atoms with Crippen LogP contribution in [0.3, 0.4) is 0 Å². The van der Waals surface area contributed by atoms with E-state index in [1.165, 1.54) is 25.6 Å². The smallest absolute Gasteiger partial charge is 0.341 e. The Morgan fingerprint density at radius 2 is 2.03 bits per heavy atom. The predicted molar refractivity (Wildman–Crippen MR) is 137 cm³/mol. The molecule has 0 radical (unpaired) electrons. The lowest BCUT2D eigenvalue weighted by Crippen LogP contribution is -2.13. The van der Waals surface area contributed by atoms with Gasteiger partial charge in [-0.1, -0.05) is 18.5 Å². The highest BCUT2D eigenvalue weighted by Crippen LogP contribution is 2.36. The van der Waals surface area contributed by atoms with Gasteiger partial charge in [-0.05, 0) is 36.8 Å². The Morgan fingerprint density at radius 3 is 2.73 bits per heavy atom. The third-order valence-electron chi connectivity index (χ3n) is 5.67. The van der Waals surface area contributed by atoms with Crippen molar-refractivity contribution in [1.82, 2.24) is 14.5 Å². The van der Waals surface area contributed by atoms with Gasteiger partial charge in [0.25, 0.3) is 0 Å². The Bertz CT molecular complexity index is 1520. The first-order valence-corrected chi connectivity index (χ1v) is 11.8. The van der Waals surface area contributed by atoms with Crippen molar-refractivity contribution in [2.45, 2.75) is 19.9 Å². The number of halogens is 2. The highest BCUT2D eigenvalue weighted by atomic mass is 35.5.